The Hall–Kier alpha value is -4.93. The number of benzene rings is 2. The van der Waals surface area contributed by atoms with Crippen molar-refractivity contribution in [1.82, 2.24) is 14.9 Å². The van der Waals surface area contributed by atoms with E-state index in [0.717, 1.165) is 11.0 Å². The number of carbonyl (C=O) groups is 2. The summed E-state index contributed by atoms with van der Waals surface area (Å²) in [5.74, 6) is 0.591. The number of halogens is 1. The van der Waals surface area contributed by atoms with E-state index in [9.17, 15) is 14.0 Å². The summed E-state index contributed by atoms with van der Waals surface area (Å²) in [6, 6.07) is 11.3. The van der Waals surface area contributed by atoms with Gasteiger partial charge in [-0.1, -0.05) is 0 Å². The molecule has 37 heavy (non-hydrogen) atoms. The summed E-state index contributed by atoms with van der Waals surface area (Å²) in [6.07, 6.45) is 4.68. The molecule has 11 heteroatoms. The summed E-state index contributed by atoms with van der Waals surface area (Å²) in [5.41, 5.74) is 1.40. The van der Waals surface area contributed by atoms with Gasteiger partial charge in [0, 0.05) is 54.0 Å². The fourth-order valence-corrected chi connectivity index (χ4v) is 4.00. The first kappa shape index (κ1) is 23.8. The average molecular weight is 503 g/mol. The normalized spacial score (nSPS) is 13.1. The molecule has 2 aromatic carbocycles. The number of pyridine rings is 2. The molecule has 1 N–H and O–H groups in total. The van der Waals surface area contributed by atoms with E-state index in [1.54, 1.807) is 48.9 Å². The van der Waals surface area contributed by atoms with Gasteiger partial charge in [-0.2, -0.15) is 0 Å². The Kier molecular flexibility index (Phi) is 6.42. The molecule has 2 aromatic heterocycles. The van der Waals surface area contributed by atoms with Crippen LogP contribution in [0.2, 0.25) is 0 Å². The number of amides is 4. The Labute approximate surface area is 211 Å². The number of ether oxygens (including phenoxy) is 3. The highest BCUT2D eigenvalue weighted by Crippen LogP contribution is 2.37. The minimum absolute atomic E-state index is 0.0543. The number of nitrogens with zero attached hydrogens (tertiary/aromatic N) is 4. The molecule has 0 spiro atoms. The molecule has 1 aliphatic rings. The van der Waals surface area contributed by atoms with Gasteiger partial charge in [0.2, 0.25) is 0 Å². The van der Waals surface area contributed by atoms with E-state index >= 15 is 0 Å². The Morgan fingerprint density at radius 2 is 1.68 bits per heavy atom. The summed E-state index contributed by atoms with van der Waals surface area (Å²) in [7, 11) is 3.04. The highest BCUT2D eigenvalue weighted by Gasteiger charge is 2.34. The van der Waals surface area contributed by atoms with Crippen LogP contribution < -0.4 is 24.4 Å². The second-order valence-corrected chi connectivity index (χ2v) is 8.00. The molecule has 0 unspecified atom stereocenters. The van der Waals surface area contributed by atoms with Gasteiger partial charge in [0.1, 0.15) is 5.75 Å². The molecule has 0 saturated carbocycles. The molecule has 3 heterocycles. The number of rotatable bonds is 6. The molecule has 1 saturated heterocycles. The van der Waals surface area contributed by atoms with Gasteiger partial charge >= 0.3 is 12.1 Å². The van der Waals surface area contributed by atoms with Crippen molar-refractivity contribution in [3.05, 3.63) is 72.9 Å². The van der Waals surface area contributed by atoms with E-state index in [0.29, 0.717) is 40.4 Å². The maximum atomic E-state index is 15.0. The predicted octanol–water partition coefficient (Wildman–Crippen LogP) is 5.05. The quantitative estimate of drug-likeness (QED) is 0.392. The van der Waals surface area contributed by atoms with Crippen LogP contribution in [-0.4, -0.2) is 54.2 Å². The van der Waals surface area contributed by atoms with Gasteiger partial charge in [-0.05, 0) is 36.4 Å². The molecular formula is C26H22FN5O5. The van der Waals surface area contributed by atoms with Gasteiger partial charge in [-0.3, -0.25) is 14.9 Å². The highest BCUT2D eigenvalue weighted by atomic mass is 19.1. The molecule has 1 aliphatic heterocycles. The second-order valence-electron chi connectivity index (χ2n) is 8.00. The maximum absolute atomic E-state index is 15.0. The van der Waals surface area contributed by atoms with Gasteiger partial charge < -0.3 is 19.5 Å². The van der Waals surface area contributed by atoms with Crippen LogP contribution >= 0.6 is 0 Å². The Bertz CT molecular complexity index is 1480. The predicted molar refractivity (Wildman–Crippen MR) is 134 cm³/mol. The smallest absolute Gasteiger partial charge is 0.332 e. The molecule has 4 aromatic rings. The summed E-state index contributed by atoms with van der Waals surface area (Å²) in [4.78, 5) is 36.2. The maximum Gasteiger partial charge on any atom is 0.332 e. The van der Waals surface area contributed by atoms with Crippen LogP contribution in [0.3, 0.4) is 0 Å². The topological polar surface area (TPSA) is 106 Å². The van der Waals surface area contributed by atoms with Gasteiger partial charge in [-0.15, -0.1) is 0 Å². The number of methoxy groups -OCH3 is 2. The zero-order chi connectivity index (χ0) is 25.9. The third-order valence-electron chi connectivity index (χ3n) is 5.84. The van der Waals surface area contributed by atoms with Crippen LogP contribution in [0, 0.1) is 5.82 Å². The molecule has 1 fully saturated rings. The highest BCUT2D eigenvalue weighted by molar-refractivity contribution is 6.08. The van der Waals surface area contributed by atoms with Crippen LogP contribution in [0.4, 0.5) is 25.4 Å². The number of nitrogens with one attached hydrogen (secondary N) is 1. The van der Waals surface area contributed by atoms with Crippen molar-refractivity contribution in [1.29, 1.82) is 0 Å². The monoisotopic (exact) mass is 503 g/mol. The van der Waals surface area contributed by atoms with Crippen molar-refractivity contribution < 1.29 is 28.2 Å². The van der Waals surface area contributed by atoms with Crippen LogP contribution in [0.15, 0.2) is 67.1 Å². The van der Waals surface area contributed by atoms with Gasteiger partial charge in [0.05, 0.1) is 26.3 Å². The number of imide groups is 1. The number of fused-ring (bicyclic) bond motifs is 1. The van der Waals surface area contributed by atoms with Crippen molar-refractivity contribution in [3.8, 4) is 23.0 Å². The molecule has 4 amide bonds. The third kappa shape index (κ3) is 4.66. The summed E-state index contributed by atoms with van der Waals surface area (Å²) in [6.45, 7) is 0.536. The fourth-order valence-electron chi connectivity index (χ4n) is 4.00. The molecule has 10 nitrogen and oxygen atoms in total. The molecule has 188 valence electrons. The number of urea groups is 2. The number of hydrogen-bond donors (Lipinski definition) is 1. The lowest BCUT2D eigenvalue weighted by molar-refractivity contribution is 0.209. The van der Waals surface area contributed by atoms with Crippen molar-refractivity contribution in [2.24, 2.45) is 0 Å². The number of carbonyl (C=O) groups excluding carboxylic acids is 2. The molecular weight excluding hydrogens is 481 g/mol. The zero-order valence-corrected chi connectivity index (χ0v) is 20.0. The van der Waals surface area contributed by atoms with Crippen molar-refractivity contribution >= 4 is 34.3 Å². The third-order valence-corrected chi connectivity index (χ3v) is 5.84. The lowest BCUT2D eigenvalue weighted by Gasteiger charge is -2.18. The lowest BCUT2D eigenvalue weighted by Crippen LogP contribution is -2.39. The molecule has 5 rings (SSSR count). The second kappa shape index (κ2) is 9.97. The Morgan fingerprint density at radius 1 is 0.919 bits per heavy atom. The summed E-state index contributed by atoms with van der Waals surface area (Å²) in [5, 5.41) is 3.17. The molecule has 0 aliphatic carbocycles. The first-order valence-corrected chi connectivity index (χ1v) is 11.3. The van der Waals surface area contributed by atoms with Crippen LogP contribution in [-0.2, 0) is 0 Å². The van der Waals surface area contributed by atoms with E-state index < -0.39 is 17.9 Å². The summed E-state index contributed by atoms with van der Waals surface area (Å²) < 4.78 is 31.5. The summed E-state index contributed by atoms with van der Waals surface area (Å²) >= 11 is 0. The van der Waals surface area contributed by atoms with E-state index in [4.69, 9.17) is 14.2 Å². The Balaban J connectivity index is 1.31. The molecule has 0 bridgehead atoms. The number of aromatic nitrogens is 2. The van der Waals surface area contributed by atoms with E-state index in [1.165, 1.54) is 31.3 Å². The minimum atomic E-state index is -0.700. The number of anilines is 2. The molecule has 0 radical (unpaired) electrons. The SMILES string of the molecule is COc1cc2nccc(Oc3ccc(NC(=O)N4CCN(c5ccncc5)C4=O)cc3F)c2cc1OC. The van der Waals surface area contributed by atoms with E-state index in [1.807, 2.05) is 0 Å². The van der Waals surface area contributed by atoms with Crippen LogP contribution in [0.25, 0.3) is 10.9 Å². The van der Waals surface area contributed by atoms with Gasteiger partial charge in [-0.25, -0.2) is 18.9 Å². The van der Waals surface area contributed by atoms with Crippen LogP contribution in [0.5, 0.6) is 23.0 Å². The van der Waals surface area contributed by atoms with Gasteiger partial charge in [0.25, 0.3) is 0 Å². The minimum Gasteiger partial charge on any atom is -0.493 e. The van der Waals surface area contributed by atoms with Crippen molar-refractivity contribution in [3.63, 3.8) is 0 Å². The van der Waals surface area contributed by atoms with E-state index in [-0.39, 0.29) is 18.0 Å². The first-order valence-electron chi connectivity index (χ1n) is 11.3. The Morgan fingerprint density at radius 3 is 2.41 bits per heavy atom. The standard InChI is InChI=1S/C26H22FN5O5/c1-35-23-14-18-20(15-24(23)36-2)29-10-7-21(18)37-22-4-3-16(13-19(22)27)30-25(33)32-12-11-31(26(32)34)17-5-8-28-9-6-17/h3-10,13-15H,11-12H2,1-2H3,(H,30,33). The first-order chi connectivity index (χ1) is 18.0. The number of hydrogen-bond acceptors (Lipinski definition) is 7. The van der Waals surface area contributed by atoms with Crippen LogP contribution in [0.1, 0.15) is 0 Å². The van der Waals surface area contributed by atoms with Crippen molar-refractivity contribution in [2.75, 3.05) is 37.5 Å². The fraction of sp³-hybridized carbons (Fsp3) is 0.154. The largest absolute Gasteiger partial charge is 0.493 e. The zero-order valence-electron chi connectivity index (χ0n) is 20.0. The lowest BCUT2D eigenvalue weighted by atomic mass is 10.2. The van der Waals surface area contributed by atoms with E-state index in [2.05, 4.69) is 15.3 Å². The van der Waals surface area contributed by atoms with Gasteiger partial charge in [0.15, 0.2) is 23.1 Å². The van der Waals surface area contributed by atoms with Crippen molar-refractivity contribution in [2.45, 2.75) is 0 Å². The molecule has 0 atom stereocenters. The average Bonchev–Trinajstić information content (AvgIpc) is 3.31.